The first-order chi connectivity index (χ1) is 8.74. The normalized spacial score (nSPS) is 30.0. The summed E-state index contributed by atoms with van der Waals surface area (Å²) in [5.41, 5.74) is 0. The van der Waals surface area contributed by atoms with Crippen molar-refractivity contribution in [3.63, 3.8) is 0 Å². The molecule has 1 saturated carbocycles. The lowest BCUT2D eigenvalue weighted by Crippen LogP contribution is -2.36. The molecule has 3 rings (SSSR count). The SMILES string of the molecule is Cc1nsc(N2C[C@@H](O)C[C@@H]2C2CCCCC2)n1. The molecule has 0 aromatic carbocycles. The van der Waals surface area contributed by atoms with E-state index in [1.54, 1.807) is 0 Å². The first-order valence-electron chi connectivity index (χ1n) is 6.99. The number of hydrogen-bond acceptors (Lipinski definition) is 5. The Hall–Kier alpha value is -0.680. The van der Waals surface area contributed by atoms with Crippen LogP contribution in [0.5, 0.6) is 0 Å². The number of hydrogen-bond donors (Lipinski definition) is 1. The van der Waals surface area contributed by atoms with E-state index in [4.69, 9.17) is 0 Å². The second-order valence-corrected chi connectivity index (χ2v) is 6.36. The molecule has 4 nitrogen and oxygen atoms in total. The van der Waals surface area contributed by atoms with E-state index in [2.05, 4.69) is 14.3 Å². The van der Waals surface area contributed by atoms with Crippen molar-refractivity contribution in [3.05, 3.63) is 5.82 Å². The first-order valence-corrected chi connectivity index (χ1v) is 7.76. The smallest absolute Gasteiger partial charge is 0.205 e. The standard InChI is InChI=1S/C13H21N3OS/c1-9-14-13(18-15-9)16-8-11(17)7-12(16)10-5-3-2-4-6-10/h10-12,17H,2-8H2,1H3/t11-,12+/m0/s1. The number of β-amino-alcohol motifs (C(OH)–C–C–N with tert-alkyl or cyclic N) is 1. The molecule has 18 heavy (non-hydrogen) atoms. The van der Waals surface area contributed by atoms with Gasteiger partial charge in [0.2, 0.25) is 5.13 Å². The van der Waals surface area contributed by atoms with Crippen LogP contribution in [0.1, 0.15) is 44.3 Å². The fourth-order valence-corrected chi connectivity index (χ4v) is 4.17. The van der Waals surface area contributed by atoms with Crippen LogP contribution in [-0.2, 0) is 0 Å². The summed E-state index contributed by atoms with van der Waals surface area (Å²) in [6.45, 7) is 2.66. The summed E-state index contributed by atoms with van der Waals surface area (Å²) < 4.78 is 4.27. The second kappa shape index (κ2) is 5.13. The zero-order valence-electron chi connectivity index (χ0n) is 10.9. The van der Waals surface area contributed by atoms with Gasteiger partial charge in [0.15, 0.2) is 0 Å². The van der Waals surface area contributed by atoms with Crippen molar-refractivity contribution in [1.82, 2.24) is 9.36 Å². The van der Waals surface area contributed by atoms with Gasteiger partial charge < -0.3 is 10.0 Å². The molecule has 0 spiro atoms. The summed E-state index contributed by atoms with van der Waals surface area (Å²) >= 11 is 1.47. The van der Waals surface area contributed by atoms with Crippen molar-refractivity contribution >= 4 is 16.7 Å². The maximum atomic E-state index is 9.98. The van der Waals surface area contributed by atoms with Crippen molar-refractivity contribution < 1.29 is 5.11 Å². The summed E-state index contributed by atoms with van der Waals surface area (Å²) in [4.78, 5) is 6.81. The number of nitrogens with zero attached hydrogens (tertiary/aromatic N) is 3. The van der Waals surface area contributed by atoms with Crippen molar-refractivity contribution in [3.8, 4) is 0 Å². The number of aliphatic hydroxyl groups is 1. The number of anilines is 1. The van der Waals surface area contributed by atoms with Gasteiger partial charge in [-0.25, -0.2) is 4.98 Å². The fourth-order valence-electron chi connectivity index (χ4n) is 3.43. The molecule has 2 aliphatic rings. The van der Waals surface area contributed by atoms with E-state index in [1.807, 2.05) is 6.92 Å². The van der Waals surface area contributed by atoms with Gasteiger partial charge in [-0.05, 0) is 32.1 Å². The van der Waals surface area contributed by atoms with Gasteiger partial charge in [0.25, 0.3) is 0 Å². The van der Waals surface area contributed by atoms with Crippen LogP contribution < -0.4 is 4.90 Å². The zero-order valence-corrected chi connectivity index (χ0v) is 11.7. The van der Waals surface area contributed by atoms with E-state index < -0.39 is 0 Å². The average Bonchev–Trinajstić information content (AvgIpc) is 2.96. The molecular weight excluding hydrogens is 246 g/mol. The van der Waals surface area contributed by atoms with Crippen LogP contribution in [0.3, 0.4) is 0 Å². The molecule has 1 aliphatic carbocycles. The minimum atomic E-state index is -0.193. The molecule has 0 bridgehead atoms. The number of aromatic nitrogens is 2. The number of aliphatic hydroxyl groups excluding tert-OH is 1. The summed E-state index contributed by atoms with van der Waals surface area (Å²) in [5.74, 6) is 1.58. The quantitative estimate of drug-likeness (QED) is 0.893. The van der Waals surface area contributed by atoms with Crippen LogP contribution >= 0.6 is 11.5 Å². The molecule has 0 unspecified atom stereocenters. The Morgan fingerprint density at radius 1 is 1.28 bits per heavy atom. The summed E-state index contributed by atoms with van der Waals surface area (Å²) in [5, 5.41) is 11.0. The lowest BCUT2D eigenvalue weighted by atomic mass is 9.83. The van der Waals surface area contributed by atoms with Gasteiger partial charge in [0.1, 0.15) is 5.82 Å². The maximum Gasteiger partial charge on any atom is 0.205 e. The van der Waals surface area contributed by atoms with Gasteiger partial charge in [0.05, 0.1) is 6.10 Å². The zero-order chi connectivity index (χ0) is 12.5. The van der Waals surface area contributed by atoms with Crippen LogP contribution in [0, 0.1) is 12.8 Å². The van der Waals surface area contributed by atoms with Gasteiger partial charge >= 0.3 is 0 Å². The largest absolute Gasteiger partial charge is 0.391 e. The van der Waals surface area contributed by atoms with Gasteiger partial charge in [-0.1, -0.05) is 19.3 Å². The minimum Gasteiger partial charge on any atom is -0.391 e. The number of aryl methyl sites for hydroxylation is 1. The monoisotopic (exact) mass is 267 g/mol. The van der Waals surface area contributed by atoms with E-state index in [9.17, 15) is 5.11 Å². The van der Waals surface area contributed by atoms with E-state index in [0.29, 0.717) is 6.04 Å². The van der Waals surface area contributed by atoms with Crippen LogP contribution in [0.2, 0.25) is 0 Å². The summed E-state index contributed by atoms with van der Waals surface area (Å²) in [6.07, 6.45) is 7.41. The van der Waals surface area contributed by atoms with Crippen molar-refractivity contribution in [1.29, 1.82) is 0 Å². The Kier molecular flexibility index (Phi) is 3.52. The lowest BCUT2D eigenvalue weighted by Gasteiger charge is -2.33. The Morgan fingerprint density at radius 3 is 2.72 bits per heavy atom. The molecule has 100 valence electrons. The van der Waals surface area contributed by atoms with Crippen LogP contribution in [0.15, 0.2) is 0 Å². The van der Waals surface area contributed by atoms with Crippen LogP contribution in [0.4, 0.5) is 5.13 Å². The molecule has 2 atom stereocenters. The Morgan fingerprint density at radius 2 is 2.06 bits per heavy atom. The summed E-state index contributed by atoms with van der Waals surface area (Å²) in [7, 11) is 0. The summed E-state index contributed by atoms with van der Waals surface area (Å²) in [6, 6.07) is 0.479. The predicted octanol–water partition coefficient (Wildman–Crippen LogP) is 2.37. The van der Waals surface area contributed by atoms with E-state index in [0.717, 1.165) is 29.8 Å². The van der Waals surface area contributed by atoms with Crippen molar-refractivity contribution in [2.24, 2.45) is 5.92 Å². The van der Waals surface area contributed by atoms with Gasteiger partial charge in [-0.3, -0.25) is 0 Å². The molecule has 2 heterocycles. The highest BCUT2D eigenvalue weighted by Gasteiger charge is 2.38. The lowest BCUT2D eigenvalue weighted by molar-refractivity contribution is 0.185. The molecule has 1 aromatic heterocycles. The molecule has 5 heteroatoms. The molecule has 0 radical (unpaired) electrons. The maximum absolute atomic E-state index is 9.98. The molecule has 1 aliphatic heterocycles. The first kappa shape index (κ1) is 12.4. The van der Waals surface area contributed by atoms with Crippen molar-refractivity contribution in [2.75, 3.05) is 11.4 Å². The van der Waals surface area contributed by atoms with Gasteiger partial charge in [0, 0.05) is 24.1 Å². The van der Waals surface area contributed by atoms with Gasteiger partial charge in [-0.2, -0.15) is 4.37 Å². The molecule has 1 saturated heterocycles. The highest BCUT2D eigenvalue weighted by atomic mass is 32.1. The third kappa shape index (κ3) is 2.38. The van der Waals surface area contributed by atoms with E-state index >= 15 is 0 Å². The molecular formula is C13H21N3OS. The van der Waals surface area contributed by atoms with Crippen LogP contribution in [-0.4, -0.2) is 33.2 Å². The molecule has 1 N–H and O–H groups in total. The fraction of sp³-hybridized carbons (Fsp3) is 0.846. The van der Waals surface area contributed by atoms with Crippen molar-refractivity contribution in [2.45, 2.75) is 57.6 Å². The second-order valence-electron chi connectivity index (χ2n) is 5.63. The molecule has 0 amide bonds. The highest BCUT2D eigenvalue weighted by molar-refractivity contribution is 7.09. The van der Waals surface area contributed by atoms with Crippen LogP contribution in [0.25, 0.3) is 0 Å². The number of rotatable bonds is 2. The molecule has 1 aromatic rings. The highest BCUT2D eigenvalue weighted by Crippen LogP contribution is 2.37. The van der Waals surface area contributed by atoms with E-state index in [1.165, 1.54) is 43.6 Å². The van der Waals surface area contributed by atoms with Gasteiger partial charge in [-0.15, -0.1) is 0 Å². The minimum absolute atomic E-state index is 0.193. The Bertz CT molecular complexity index is 403. The third-order valence-corrected chi connectivity index (χ3v) is 5.12. The predicted molar refractivity (Wildman–Crippen MR) is 73.0 cm³/mol. The van der Waals surface area contributed by atoms with E-state index in [-0.39, 0.29) is 6.10 Å². The topological polar surface area (TPSA) is 49.2 Å². The Labute approximate surface area is 112 Å². The molecule has 2 fully saturated rings. The third-order valence-electron chi connectivity index (χ3n) is 4.28. The Balaban J connectivity index is 1.78. The average molecular weight is 267 g/mol.